The molecule has 10 N–H and O–H groups in total. The van der Waals surface area contributed by atoms with Gasteiger partial charge < -0.3 is 71.0 Å². The molecule has 9 rings (SSSR count). The van der Waals surface area contributed by atoms with Crippen molar-refractivity contribution in [1.82, 2.24) is 41.9 Å². The number of nitrogens with one attached hydrogen (secondary N) is 10. The summed E-state index contributed by atoms with van der Waals surface area (Å²) in [5.74, 6) is -2.80. The lowest BCUT2D eigenvalue weighted by Gasteiger charge is -2.21. The monoisotopic (exact) mass is 1780 g/mol. The van der Waals surface area contributed by atoms with Crippen LogP contribution in [-0.4, -0.2) is 155 Å². The van der Waals surface area contributed by atoms with E-state index in [2.05, 4.69) is 105 Å². The van der Waals surface area contributed by atoms with Crippen LogP contribution in [0.25, 0.3) is 22.3 Å². The number of aliphatic imine (C=N–C) groups is 2. The first-order valence-corrected chi connectivity index (χ1v) is 41.7. The topological polar surface area (TPSA) is 397 Å². The summed E-state index contributed by atoms with van der Waals surface area (Å²) in [6.07, 6.45) is -2.61. The molecule has 0 radical (unpaired) electrons. The predicted molar refractivity (Wildman–Crippen MR) is 461 cm³/mol. The highest BCUT2D eigenvalue weighted by Gasteiger charge is 2.32. The van der Waals surface area contributed by atoms with Gasteiger partial charge in [0.25, 0.3) is 11.8 Å². The number of rotatable bonds is 28. The number of unbranched alkanes of at least 4 members (excludes halogenated alkanes) is 2. The van der Waals surface area contributed by atoms with Crippen molar-refractivity contribution in [3.63, 3.8) is 0 Å². The maximum Gasteiger partial charge on any atom is 0.437 e. The van der Waals surface area contributed by atoms with E-state index >= 15 is 0 Å². The van der Waals surface area contributed by atoms with Gasteiger partial charge in [-0.3, -0.25) is 29.8 Å². The maximum atomic E-state index is 14.6. The number of amides is 10. The Morgan fingerprint density at radius 3 is 1.05 bits per heavy atom. The zero-order valence-corrected chi connectivity index (χ0v) is 72.5. The lowest BCUT2D eigenvalue weighted by molar-refractivity contribution is -0.117. The van der Waals surface area contributed by atoms with Crippen LogP contribution in [0.5, 0.6) is 0 Å². The van der Waals surface area contributed by atoms with Gasteiger partial charge >= 0.3 is 36.6 Å². The number of hydrogen-bond acceptors (Lipinski definition) is 20. The highest BCUT2D eigenvalue weighted by molar-refractivity contribution is 9.10. The summed E-state index contributed by atoms with van der Waals surface area (Å²) >= 11 is 9.51. The molecule has 626 valence electrons. The Morgan fingerprint density at radius 1 is 0.398 bits per heavy atom. The van der Waals surface area contributed by atoms with E-state index in [0.717, 1.165) is 50.8 Å². The molecule has 10 amide bonds. The number of anilines is 4. The number of guanidine groups is 2. The lowest BCUT2D eigenvalue weighted by Crippen LogP contribution is -2.44. The molecule has 6 aromatic carbocycles. The average molecular weight is 1780 g/mol. The van der Waals surface area contributed by atoms with Crippen molar-refractivity contribution in [3.8, 4) is 22.3 Å². The smallest absolute Gasteiger partial charge is 0.437 e. The number of thioether (sulfide) groups is 2. The third-order valence-corrected chi connectivity index (χ3v) is 20.1. The normalized spacial score (nSPS) is 12.6. The molecule has 118 heavy (non-hydrogen) atoms. The number of halogens is 2. The van der Waals surface area contributed by atoms with Gasteiger partial charge in [-0.05, 0) is 178 Å². The number of benzene rings is 6. The van der Waals surface area contributed by atoms with Crippen LogP contribution in [0.1, 0.15) is 177 Å². The Hall–Kier alpha value is -11.1. The number of fused-ring (bicyclic) bond motifs is 6. The second kappa shape index (κ2) is 41.8. The van der Waals surface area contributed by atoms with E-state index in [-0.39, 0.29) is 122 Å². The minimum atomic E-state index is -0.958. The van der Waals surface area contributed by atoms with Crippen molar-refractivity contribution < 1.29 is 76.4 Å². The number of alkyl carbamates (subject to hydrolysis) is 4. The molecule has 1 aromatic heterocycles. The average Bonchev–Trinajstić information content (AvgIpc) is 1.62. The number of aromatic nitrogens is 2. The minimum absolute atomic E-state index is 0.0122. The molecule has 0 unspecified atom stereocenters. The first-order chi connectivity index (χ1) is 55.9. The van der Waals surface area contributed by atoms with Crippen LogP contribution in [-0.2, 0) is 38.0 Å². The molecule has 0 saturated heterocycles. The fourth-order valence-corrected chi connectivity index (χ4v) is 15.0. The zero-order valence-electron chi connectivity index (χ0n) is 67.6. The molecular weight excluding hydrogens is 1680 g/mol. The van der Waals surface area contributed by atoms with E-state index in [1.54, 1.807) is 107 Å². The van der Waals surface area contributed by atoms with Gasteiger partial charge in [0.15, 0.2) is 0 Å². The Bertz CT molecular complexity index is 4540. The second-order valence-electron chi connectivity index (χ2n) is 31.1. The summed E-state index contributed by atoms with van der Waals surface area (Å²) in [6, 6.07) is 39.7. The van der Waals surface area contributed by atoms with Gasteiger partial charge in [0.1, 0.15) is 53.3 Å². The highest BCUT2D eigenvalue weighted by Crippen LogP contribution is 2.47. The number of ether oxygens (including phenoxy) is 6. The predicted octanol–water partition coefficient (Wildman–Crippen LogP) is 16.8. The highest BCUT2D eigenvalue weighted by atomic mass is 79.9. The number of hydrogen-bond donors (Lipinski definition) is 10. The molecule has 34 heteroatoms. The van der Waals surface area contributed by atoms with Crippen molar-refractivity contribution in [2.24, 2.45) is 9.98 Å². The van der Waals surface area contributed by atoms with Crippen LogP contribution in [0.2, 0.25) is 0 Å². The Labute approximate surface area is 710 Å². The summed E-state index contributed by atoms with van der Waals surface area (Å²) in [5.41, 5.74) is 5.50. The third kappa shape index (κ3) is 28.6. The van der Waals surface area contributed by atoms with Crippen LogP contribution in [0.15, 0.2) is 162 Å². The minimum Gasteiger partial charge on any atom is -0.449 e. The van der Waals surface area contributed by atoms with Crippen LogP contribution in [0.4, 0.5) is 51.5 Å². The fourth-order valence-electron chi connectivity index (χ4n) is 12.2. The molecule has 1 heterocycles. The molecule has 2 aliphatic carbocycles. The van der Waals surface area contributed by atoms with E-state index in [4.69, 9.17) is 28.4 Å². The van der Waals surface area contributed by atoms with Gasteiger partial charge in [-0.25, -0.2) is 38.7 Å². The molecule has 7 aromatic rings. The molecule has 0 fully saturated rings. The van der Waals surface area contributed by atoms with E-state index in [9.17, 15) is 47.9 Å². The maximum absolute atomic E-state index is 14.6. The summed E-state index contributed by atoms with van der Waals surface area (Å²) in [5, 5.41) is 28.1. The largest absolute Gasteiger partial charge is 0.449 e. The molecule has 0 bridgehead atoms. The Morgan fingerprint density at radius 2 is 0.720 bits per heavy atom. The lowest BCUT2D eigenvalue weighted by atomic mass is 9.98. The van der Waals surface area contributed by atoms with Crippen molar-refractivity contribution in [3.05, 3.63) is 176 Å². The fraction of sp³-hybridized carbons (Fsp3) is 0.381. The molecule has 0 aliphatic heterocycles. The van der Waals surface area contributed by atoms with Crippen LogP contribution in [0, 0.1) is 0 Å². The van der Waals surface area contributed by atoms with E-state index in [0.29, 0.717) is 44.4 Å². The molecule has 0 spiro atoms. The van der Waals surface area contributed by atoms with Gasteiger partial charge in [0.2, 0.25) is 23.7 Å². The zero-order chi connectivity index (χ0) is 85.5. The number of carbonyl (C=O) groups excluding carboxylic acids is 10. The van der Waals surface area contributed by atoms with Crippen LogP contribution in [0.3, 0.4) is 0 Å². The van der Waals surface area contributed by atoms with Crippen molar-refractivity contribution in [2.75, 3.05) is 72.2 Å². The molecule has 2 aliphatic rings. The number of nitrogens with zero attached hydrogens (tertiary/aromatic N) is 4. The SMILES string of the molecule is CC(C)(C)OC(=O)/N=C(/NCCCCC(=O)Nc1cc(Br)cc(NC(=O)c2cc(C(=O)Nc3cc(Br)cc(NC(=O)CCCCN/C(=N/C(=O)OC(C)(C)C)NC(=O)OC(C)(C)C)c3SCCNC(=O)OCC3c4ccccc4-c4ccccc43)ncn2)c1SCCNC(=O)OCC1c2ccccc2-c2ccccc21)NC(=O)OC(C)(C)C. The summed E-state index contributed by atoms with van der Waals surface area (Å²) in [4.78, 5) is 152. The van der Waals surface area contributed by atoms with Crippen molar-refractivity contribution in [1.29, 1.82) is 0 Å². The Kier molecular flexibility index (Phi) is 32.2. The molecule has 30 nitrogen and oxygen atoms in total. The van der Waals surface area contributed by atoms with E-state index < -0.39 is 82.6 Å². The Balaban J connectivity index is 0.895. The van der Waals surface area contributed by atoms with Crippen molar-refractivity contribution in [2.45, 2.75) is 166 Å². The standard InChI is InChI=1S/C84H98Br2N14O16S2/c1-81(2,3)113-77(107)97-73(98-78(108)114-82(4,5)6)87-35-23-21-33-67(101)93-61-41-49(85)43-63(69(61)117-39-37-89-75(105)111-46-59-55-29-17-13-25-51(55)52-26-14-18-30-56(52)59)95-71(103)65-45-66(92-48-91-65)72(104)96-64-44-50(86)42-62(94-68(102)34-22-24-36-88-74(99-79(109)115-83(7,8)9)100-80(110)116-84(10,11)12)70(64)118-40-38-90-76(106)112-47-60-57-31-19-15-27-53(57)54-28-16-20-32-58(54)60/h13-20,25-32,41-45,48,59-60H,21-24,33-40,46-47H2,1-12H3,(H,89,105)(H,90,106)(H,93,101)(H,94,102)(H,95,103)(H,96,104)(H2,87,97,98,107,108)(H2,88,99,100,109,110). The third-order valence-electron chi connectivity index (χ3n) is 16.9. The summed E-state index contributed by atoms with van der Waals surface area (Å²) in [6.45, 7) is 20.7. The van der Waals surface area contributed by atoms with Gasteiger partial charge in [-0.1, -0.05) is 129 Å². The van der Waals surface area contributed by atoms with E-state index in [1.807, 2.05) is 97.1 Å². The number of carbonyl (C=O) groups is 10. The van der Waals surface area contributed by atoms with Gasteiger partial charge in [0, 0.05) is 77.4 Å². The van der Waals surface area contributed by atoms with Gasteiger partial charge in [0.05, 0.1) is 32.5 Å². The second-order valence-corrected chi connectivity index (χ2v) is 35.1. The summed E-state index contributed by atoms with van der Waals surface area (Å²) < 4.78 is 33.9. The van der Waals surface area contributed by atoms with Gasteiger partial charge in [-0.15, -0.1) is 33.5 Å². The van der Waals surface area contributed by atoms with E-state index in [1.165, 1.54) is 29.6 Å². The molecule has 0 atom stereocenters. The first-order valence-electron chi connectivity index (χ1n) is 38.2. The van der Waals surface area contributed by atoms with Crippen LogP contribution >= 0.6 is 55.4 Å². The van der Waals surface area contributed by atoms with Gasteiger partial charge in [-0.2, -0.15) is 0 Å². The quantitative estimate of drug-likeness (QED) is 0.00716. The summed E-state index contributed by atoms with van der Waals surface area (Å²) in [7, 11) is 0. The van der Waals surface area contributed by atoms with Crippen molar-refractivity contribution >= 4 is 150 Å². The molecular formula is C84H98Br2N14O16S2. The van der Waals surface area contributed by atoms with Crippen LogP contribution < -0.4 is 53.2 Å². The molecule has 0 saturated carbocycles. The first kappa shape index (κ1) is 90.8.